The first-order chi connectivity index (χ1) is 26.7. The Morgan fingerprint density at radius 2 is 1.77 bits per heavy atom. The number of aromatic nitrogens is 2. The Morgan fingerprint density at radius 3 is 2.55 bits per heavy atom. The van der Waals surface area contributed by atoms with Crippen LogP contribution >= 0.6 is 0 Å². The molecule has 3 heterocycles. The van der Waals surface area contributed by atoms with Crippen molar-refractivity contribution < 1.29 is 32.3 Å². The molecular formula is C39H45N9O7S. The molecule has 1 aromatic heterocycles. The topological polar surface area (TPSA) is 213 Å². The van der Waals surface area contributed by atoms with E-state index in [0.717, 1.165) is 5.69 Å². The van der Waals surface area contributed by atoms with Crippen molar-refractivity contribution >= 4 is 62.5 Å². The summed E-state index contributed by atoms with van der Waals surface area (Å²) in [7, 11) is -3.70. The molecule has 2 aliphatic heterocycles. The van der Waals surface area contributed by atoms with Crippen LogP contribution in [0.15, 0.2) is 83.9 Å². The maximum atomic E-state index is 13.2. The van der Waals surface area contributed by atoms with E-state index in [2.05, 4.69) is 41.3 Å². The molecule has 56 heavy (non-hydrogen) atoms. The van der Waals surface area contributed by atoms with E-state index in [1.165, 1.54) is 11.0 Å². The first-order valence-electron chi connectivity index (χ1n) is 18.3. The van der Waals surface area contributed by atoms with E-state index < -0.39 is 27.5 Å². The van der Waals surface area contributed by atoms with Crippen LogP contribution in [0, 0.1) is 0 Å². The SMILES string of the molecule is CC(C)(C)NS(=O)(=O)c1cccc(Nc2ccnc(Nc3ccc(OCCCNCC(=O)Nc4cccc5c4CN(C4CCCC(=O)NC4=O)C5=O)cc3)n2)c1. The van der Waals surface area contributed by atoms with E-state index in [9.17, 15) is 27.6 Å². The predicted molar refractivity (Wildman–Crippen MR) is 210 cm³/mol. The quantitative estimate of drug-likeness (QED) is 0.0740. The number of amides is 4. The van der Waals surface area contributed by atoms with E-state index in [4.69, 9.17) is 4.74 Å². The Labute approximate surface area is 325 Å². The maximum absolute atomic E-state index is 13.2. The number of sulfonamides is 1. The van der Waals surface area contributed by atoms with Crippen LogP contribution < -0.4 is 36.0 Å². The number of hydrogen-bond acceptors (Lipinski definition) is 12. The minimum Gasteiger partial charge on any atom is -0.494 e. The number of imide groups is 1. The Hall–Kier alpha value is -5.91. The number of ether oxygens (including phenoxy) is 1. The lowest BCUT2D eigenvalue weighted by atomic mass is 10.1. The van der Waals surface area contributed by atoms with E-state index in [0.29, 0.717) is 72.4 Å². The third-order valence-corrected chi connectivity index (χ3v) is 10.5. The Balaban J connectivity index is 0.916. The number of hydrogen-bond donors (Lipinski definition) is 6. The van der Waals surface area contributed by atoms with Gasteiger partial charge in [0.05, 0.1) is 18.0 Å². The zero-order chi connectivity index (χ0) is 39.9. The van der Waals surface area contributed by atoms with Gasteiger partial charge >= 0.3 is 0 Å². The zero-order valence-corrected chi connectivity index (χ0v) is 32.2. The zero-order valence-electron chi connectivity index (χ0n) is 31.3. The third-order valence-electron chi connectivity index (χ3n) is 8.77. The monoisotopic (exact) mass is 783 g/mol. The van der Waals surface area contributed by atoms with Crippen LogP contribution in [-0.2, 0) is 31.0 Å². The first kappa shape index (κ1) is 39.8. The number of benzene rings is 3. The number of nitrogens with one attached hydrogen (secondary N) is 6. The summed E-state index contributed by atoms with van der Waals surface area (Å²) in [6.45, 7) is 6.50. The molecule has 1 atom stereocenters. The maximum Gasteiger partial charge on any atom is 0.255 e. The molecule has 4 amide bonds. The van der Waals surface area contributed by atoms with E-state index in [1.54, 1.807) is 69.4 Å². The van der Waals surface area contributed by atoms with Crippen molar-refractivity contribution in [2.75, 3.05) is 35.6 Å². The normalized spacial score (nSPS) is 15.8. The Bertz CT molecular complexity index is 2210. The number of anilines is 5. The van der Waals surface area contributed by atoms with E-state index in [1.807, 2.05) is 24.3 Å². The number of rotatable bonds is 15. The second-order valence-corrected chi connectivity index (χ2v) is 16.1. The molecule has 0 radical (unpaired) electrons. The average molecular weight is 784 g/mol. The van der Waals surface area contributed by atoms with Crippen molar-refractivity contribution in [3.63, 3.8) is 0 Å². The molecule has 4 aromatic rings. The molecule has 0 spiro atoms. The Kier molecular flexibility index (Phi) is 12.3. The van der Waals surface area contributed by atoms with Crippen molar-refractivity contribution in [2.45, 2.75) is 69.5 Å². The summed E-state index contributed by atoms with van der Waals surface area (Å²) in [5.74, 6) is 0.0889. The second-order valence-electron chi connectivity index (χ2n) is 14.4. The largest absolute Gasteiger partial charge is 0.494 e. The second kappa shape index (κ2) is 17.3. The highest BCUT2D eigenvalue weighted by Gasteiger charge is 2.39. The van der Waals surface area contributed by atoms with Crippen molar-refractivity contribution in [1.82, 2.24) is 30.2 Å². The average Bonchev–Trinajstić information content (AvgIpc) is 3.37. The van der Waals surface area contributed by atoms with Crippen molar-refractivity contribution in [3.8, 4) is 5.75 Å². The van der Waals surface area contributed by atoms with Gasteiger partial charge < -0.3 is 30.9 Å². The van der Waals surface area contributed by atoms with Gasteiger partial charge in [0.2, 0.25) is 33.7 Å². The molecule has 1 saturated heterocycles. The summed E-state index contributed by atoms with van der Waals surface area (Å²) in [5.41, 5.74) is 2.25. The molecule has 294 valence electrons. The molecule has 1 unspecified atom stereocenters. The van der Waals surface area contributed by atoms with Crippen molar-refractivity contribution in [2.24, 2.45) is 0 Å². The standard InChI is InChI=1S/C39H45N9O7S/c1-39(2,3)47-56(53,54)28-9-4-8-26(22-28)42-33-18-20-41-38(45-33)43-25-14-16-27(17-15-25)55-21-7-19-40-23-35(50)44-31-11-5-10-29-30(31)24-48(37(29)52)32-12-6-13-34(49)46-36(32)51/h4-5,8-11,14-18,20,22,32,40,47H,6-7,12-13,19,21,23-24H2,1-3H3,(H,44,50)(H,46,49,51)(H2,41,42,43,45). The number of carbonyl (C=O) groups excluding carboxylic acids is 4. The summed E-state index contributed by atoms with van der Waals surface area (Å²) in [6, 6.07) is 19.8. The fourth-order valence-corrected chi connectivity index (χ4v) is 7.74. The van der Waals surface area contributed by atoms with Crippen LogP contribution in [0.25, 0.3) is 0 Å². The molecule has 6 rings (SSSR count). The number of carbonyl (C=O) groups is 4. The summed E-state index contributed by atoms with van der Waals surface area (Å²) in [6.07, 6.45) is 3.37. The molecule has 2 aliphatic rings. The summed E-state index contributed by atoms with van der Waals surface area (Å²) in [4.78, 5) is 60.7. The van der Waals surface area contributed by atoms with Gasteiger partial charge in [-0.25, -0.2) is 18.1 Å². The van der Waals surface area contributed by atoms with Gasteiger partial charge in [0.25, 0.3) is 5.91 Å². The molecular weight excluding hydrogens is 739 g/mol. The minimum absolute atomic E-state index is 0.0524. The van der Waals surface area contributed by atoms with Gasteiger partial charge in [0.1, 0.15) is 17.6 Å². The summed E-state index contributed by atoms with van der Waals surface area (Å²) < 4.78 is 34.1. The molecule has 17 heteroatoms. The third kappa shape index (κ3) is 10.4. The molecule has 3 aromatic carbocycles. The van der Waals surface area contributed by atoms with Crippen molar-refractivity contribution in [1.29, 1.82) is 0 Å². The highest BCUT2D eigenvalue weighted by atomic mass is 32.2. The molecule has 0 saturated carbocycles. The fraction of sp³-hybridized carbons (Fsp3) is 0.333. The molecule has 1 fully saturated rings. The molecule has 0 bridgehead atoms. The van der Waals surface area contributed by atoms with Gasteiger partial charge in [0, 0.05) is 52.9 Å². The van der Waals surface area contributed by atoms with E-state index in [-0.39, 0.29) is 42.1 Å². The Morgan fingerprint density at radius 1 is 0.982 bits per heavy atom. The number of nitrogens with zero attached hydrogens (tertiary/aromatic N) is 3. The lowest BCUT2D eigenvalue weighted by Crippen LogP contribution is -2.46. The van der Waals surface area contributed by atoms with E-state index >= 15 is 0 Å². The minimum atomic E-state index is -3.70. The summed E-state index contributed by atoms with van der Waals surface area (Å²) in [5, 5.41) is 14.6. The van der Waals surface area contributed by atoms with Gasteiger partial charge in [-0.1, -0.05) is 12.1 Å². The van der Waals surface area contributed by atoms with Gasteiger partial charge in [-0.2, -0.15) is 4.98 Å². The lowest BCUT2D eigenvalue weighted by molar-refractivity contribution is -0.132. The highest BCUT2D eigenvalue weighted by Crippen LogP contribution is 2.32. The van der Waals surface area contributed by atoms with Crippen LogP contribution in [-0.4, -0.2) is 78.2 Å². The fourth-order valence-electron chi connectivity index (χ4n) is 6.28. The van der Waals surface area contributed by atoms with Crippen LogP contribution in [0.3, 0.4) is 0 Å². The van der Waals surface area contributed by atoms with Crippen LogP contribution in [0.5, 0.6) is 5.75 Å². The lowest BCUT2D eigenvalue weighted by Gasteiger charge is -2.24. The molecule has 6 N–H and O–H groups in total. The van der Waals surface area contributed by atoms with Gasteiger partial charge in [-0.05, 0) is 107 Å². The van der Waals surface area contributed by atoms with Crippen LogP contribution in [0.2, 0.25) is 0 Å². The van der Waals surface area contributed by atoms with Crippen molar-refractivity contribution in [3.05, 3.63) is 90.1 Å². The highest BCUT2D eigenvalue weighted by molar-refractivity contribution is 7.89. The predicted octanol–water partition coefficient (Wildman–Crippen LogP) is 4.19. The van der Waals surface area contributed by atoms with Crippen LogP contribution in [0.4, 0.5) is 28.8 Å². The summed E-state index contributed by atoms with van der Waals surface area (Å²) >= 11 is 0. The van der Waals surface area contributed by atoms with Gasteiger partial charge in [-0.15, -0.1) is 0 Å². The number of fused-ring (bicyclic) bond motifs is 1. The van der Waals surface area contributed by atoms with Gasteiger partial charge in [-0.3, -0.25) is 24.5 Å². The van der Waals surface area contributed by atoms with Gasteiger partial charge in [0.15, 0.2) is 0 Å². The molecule has 0 aliphatic carbocycles. The van der Waals surface area contributed by atoms with Crippen LogP contribution in [0.1, 0.15) is 62.4 Å². The smallest absolute Gasteiger partial charge is 0.255 e. The first-order valence-corrected chi connectivity index (χ1v) is 19.7. The molecule has 16 nitrogen and oxygen atoms in total.